The first-order valence-electron chi connectivity index (χ1n) is 5.63. The van der Waals surface area contributed by atoms with Crippen LogP contribution in [0.3, 0.4) is 0 Å². The Hall–Kier alpha value is -1.36. The molecule has 0 fully saturated rings. The van der Waals surface area contributed by atoms with E-state index in [0.29, 0.717) is 13.1 Å². The van der Waals surface area contributed by atoms with Crippen molar-refractivity contribution in [1.82, 2.24) is 14.7 Å². The molecule has 16 heavy (non-hydrogen) atoms. The summed E-state index contributed by atoms with van der Waals surface area (Å²) in [7, 11) is 1.78. The molecule has 1 aromatic heterocycles. The zero-order chi connectivity index (χ0) is 12.0. The number of likely N-dealkylation sites (N-methyl/N-ethyl adjacent to an activating group) is 1. The molecule has 0 spiro atoms. The molecule has 5 heteroatoms. The van der Waals surface area contributed by atoms with Crippen molar-refractivity contribution < 1.29 is 4.79 Å². The fourth-order valence-corrected chi connectivity index (χ4v) is 1.51. The quantitative estimate of drug-likeness (QED) is 0.764. The van der Waals surface area contributed by atoms with E-state index in [9.17, 15) is 4.79 Å². The Kier molecular flexibility index (Phi) is 4.98. The molecule has 1 amide bonds. The second-order valence-corrected chi connectivity index (χ2v) is 3.92. The zero-order valence-electron chi connectivity index (χ0n) is 9.97. The van der Waals surface area contributed by atoms with Crippen molar-refractivity contribution in [3.8, 4) is 0 Å². The highest BCUT2D eigenvalue weighted by atomic mass is 16.2. The first-order valence-corrected chi connectivity index (χ1v) is 5.63. The lowest BCUT2D eigenvalue weighted by Gasteiger charge is -2.20. The molecule has 1 rings (SSSR count). The fourth-order valence-electron chi connectivity index (χ4n) is 1.51. The second kappa shape index (κ2) is 6.27. The Labute approximate surface area is 96.2 Å². The SMILES string of the molecule is CCCC(N)C(=O)N(C)CCn1cccn1. The molecule has 0 bridgehead atoms. The van der Waals surface area contributed by atoms with Crippen LogP contribution in [0.15, 0.2) is 18.5 Å². The lowest BCUT2D eigenvalue weighted by molar-refractivity contribution is -0.131. The molecular weight excluding hydrogens is 204 g/mol. The van der Waals surface area contributed by atoms with Gasteiger partial charge in [0.2, 0.25) is 5.91 Å². The van der Waals surface area contributed by atoms with E-state index in [0.717, 1.165) is 12.8 Å². The van der Waals surface area contributed by atoms with Crippen LogP contribution in [0.4, 0.5) is 0 Å². The van der Waals surface area contributed by atoms with Crippen molar-refractivity contribution in [3.63, 3.8) is 0 Å². The van der Waals surface area contributed by atoms with Gasteiger partial charge in [0.1, 0.15) is 0 Å². The standard InChI is InChI=1S/C11H20N4O/c1-3-5-10(12)11(16)14(2)8-9-15-7-4-6-13-15/h4,6-7,10H,3,5,8-9,12H2,1-2H3. The van der Waals surface area contributed by atoms with E-state index in [1.807, 2.05) is 19.2 Å². The van der Waals surface area contributed by atoms with Gasteiger partial charge in [-0.1, -0.05) is 13.3 Å². The van der Waals surface area contributed by atoms with E-state index in [2.05, 4.69) is 5.10 Å². The van der Waals surface area contributed by atoms with Crippen LogP contribution < -0.4 is 5.73 Å². The number of nitrogens with two attached hydrogens (primary N) is 1. The van der Waals surface area contributed by atoms with Crippen molar-refractivity contribution >= 4 is 5.91 Å². The summed E-state index contributed by atoms with van der Waals surface area (Å²) in [5, 5.41) is 4.08. The summed E-state index contributed by atoms with van der Waals surface area (Å²) in [5.74, 6) is 0.00834. The normalized spacial score (nSPS) is 12.4. The topological polar surface area (TPSA) is 64.2 Å². The summed E-state index contributed by atoms with van der Waals surface area (Å²) in [6.45, 7) is 3.36. The van der Waals surface area contributed by atoms with Crippen LogP contribution in [0.25, 0.3) is 0 Å². The molecule has 0 radical (unpaired) electrons. The van der Waals surface area contributed by atoms with Gasteiger partial charge in [0, 0.05) is 26.0 Å². The minimum Gasteiger partial charge on any atom is -0.343 e. The molecule has 90 valence electrons. The molecule has 0 aromatic carbocycles. The van der Waals surface area contributed by atoms with Crippen molar-refractivity contribution in [1.29, 1.82) is 0 Å². The summed E-state index contributed by atoms with van der Waals surface area (Å²) in [4.78, 5) is 13.4. The number of nitrogens with zero attached hydrogens (tertiary/aromatic N) is 3. The van der Waals surface area contributed by atoms with E-state index >= 15 is 0 Å². The smallest absolute Gasteiger partial charge is 0.239 e. The number of rotatable bonds is 6. The minimum absolute atomic E-state index is 0.00834. The Morgan fingerprint density at radius 1 is 1.62 bits per heavy atom. The minimum atomic E-state index is -0.368. The number of hydrogen-bond donors (Lipinski definition) is 1. The third-order valence-electron chi connectivity index (χ3n) is 2.52. The first-order chi connectivity index (χ1) is 7.65. The van der Waals surface area contributed by atoms with Gasteiger partial charge in [-0.15, -0.1) is 0 Å². The summed E-state index contributed by atoms with van der Waals surface area (Å²) >= 11 is 0. The van der Waals surface area contributed by atoms with Crippen molar-refractivity contribution in [2.75, 3.05) is 13.6 Å². The number of carbonyl (C=O) groups excluding carboxylic acids is 1. The van der Waals surface area contributed by atoms with Crippen molar-refractivity contribution in [3.05, 3.63) is 18.5 Å². The van der Waals surface area contributed by atoms with E-state index < -0.39 is 0 Å². The van der Waals surface area contributed by atoms with Gasteiger partial charge in [-0.2, -0.15) is 5.10 Å². The van der Waals surface area contributed by atoms with Gasteiger partial charge >= 0.3 is 0 Å². The highest BCUT2D eigenvalue weighted by Gasteiger charge is 2.16. The maximum atomic E-state index is 11.8. The van der Waals surface area contributed by atoms with E-state index in [4.69, 9.17) is 5.73 Å². The Morgan fingerprint density at radius 3 is 2.94 bits per heavy atom. The number of amides is 1. The van der Waals surface area contributed by atoms with E-state index in [1.165, 1.54) is 0 Å². The van der Waals surface area contributed by atoms with Gasteiger partial charge < -0.3 is 10.6 Å². The number of carbonyl (C=O) groups is 1. The molecule has 0 saturated carbocycles. The average molecular weight is 224 g/mol. The molecule has 0 aliphatic rings. The van der Waals surface area contributed by atoms with Crippen LogP contribution in [0.2, 0.25) is 0 Å². The van der Waals surface area contributed by atoms with E-state index in [-0.39, 0.29) is 11.9 Å². The molecule has 1 unspecified atom stereocenters. The lowest BCUT2D eigenvalue weighted by Crippen LogP contribution is -2.42. The van der Waals surface area contributed by atoms with Crippen LogP contribution in [0, 0.1) is 0 Å². The molecular formula is C11H20N4O. The van der Waals surface area contributed by atoms with Crippen LogP contribution >= 0.6 is 0 Å². The summed E-state index contributed by atoms with van der Waals surface area (Å²) in [6, 6.07) is 1.50. The summed E-state index contributed by atoms with van der Waals surface area (Å²) < 4.78 is 1.80. The highest BCUT2D eigenvalue weighted by molar-refractivity contribution is 5.81. The molecule has 0 aliphatic heterocycles. The summed E-state index contributed by atoms with van der Waals surface area (Å²) in [5.41, 5.74) is 5.76. The fraction of sp³-hybridized carbons (Fsp3) is 0.636. The van der Waals surface area contributed by atoms with E-state index in [1.54, 1.807) is 22.8 Å². The molecule has 2 N–H and O–H groups in total. The second-order valence-electron chi connectivity index (χ2n) is 3.92. The van der Waals surface area contributed by atoms with Crippen LogP contribution in [0.1, 0.15) is 19.8 Å². The molecule has 1 aromatic rings. The monoisotopic (exact) mass is 224 g/mol. The van der Waals surface area contributed by atoms with Crippen molar-refractivity contribution in [2.45, 2.75) is 32.4 Å². The number of hydrogen-bond acceptors (Lipinski definition) is 3. The number of aromatic nitrogens is 2. The van der Waals surface area contributed by atoms with Gasteiger partial charge in [-0.25, -0.2) is 0 Å². The predicted octanol–water partition coefficient (Wildman–Crippen LogP) is 0.469. The molecule has 0 aliphatic carbocycles. The summed E-state index contributed by atoms with van der Waals surface area (Å²) in [6.07, 6.45) is 5.28. The molecule has 0 saturated heterocycles. The molecule has 1 atom stereocenters. The maximum absolute atomic E-state index is 11.8. The first kappa shape index (κ1) is 12.7. The highest BCUT2D eigenvalue weighted by Crippen LogP contribution is 1.98. The Balaban J connectivity index is 2.34. The Bertz CT molecular complexity index is 310. The van der Waals surface area contributed by atoms with Crippen LogP contribution in [-0.4, -0.2) is 40.2 Å². The van der Waals surface area contributed by atoms with Gasteiger partial charge in [0.15, 0.2) is 0 Å². The largest absolute Gasteiger partial charge is 0.343 e. The Morgan fingerprint density at radius 2 is 2.38 bits per heavy atom. The predicted molar refractivity (Wildman–Crippen MR) is 62.7 cm³/mol. The zero-order valence-corrected chi connectivity index (χ0v) is 9.97. The maximum Gasteiger partial charge on any atom is 0.239 e. The third kappa shape index (κ3) is 3.66. The third-order valence-corrected chi connectivity index (χ3v) is 2.52. The van der Waals surface area contributed by atoms with Gasteiger partial charge in [-0.05, 0) is 12.5 Å². The van der Waals surface area contributed by atoms with Crippen LogP contribution in [-0.2, 0) is 11.3 Å². The molecule has 1 heterocycles. The lowest BCUT2D eigenvalue weighted by atomic mass is 10.1. The van der Waals surface area contributed by atoms with Gasteiger partial charge in [0.25, 0.3) is 0 Å². The van der Waals surface area contributed by atoms with Crippen molar-refractivity contribution in [2.24, 2.45) is 5.73 Å². The van der Waals surface area contributed by atoms with Crippen LogP contribution in [0.5, 0.6) is 0 Å². The van der Waals surface area contributed by atoms with Gasteiger partial charge in [-0.3, -0.25) is 9.48 Å². The van der Waals surface area contributed by atoms with Gasteiger partial charge in [0.05, 0.1) is 12.6 Å². The average Bonchev–Trinajstić information content (AvgIpc) is 2.78. The molecule has 5 nitrogen and oxygen atoms in total.